The van der Waals surface area contributed by atoms with Crippen LogP contribution in [0.4, 0.5) is 0 Å². The molecule has 0 aromatic rings. The van der Waals surface area contributed by atoms with E-state index in [-0.39, 0.29) is 17.9 Å². The van der Waals surface area contributed by atoms with Crippen LogP contribution >= 0.6 is 12.2 Å². The molecule has 0 N–H and O–H groups in total. The molecule has 0 unspecified atom stereocenters. The fourth-order valence-corrected chi connectivity index (χ4v) is 3.20. The van der Waals surface area contributed by atoms with Crippen LogP contribution in [0.25, 0.3) is 0 Å². The Balaban J connectivity index is 2.14. The van der Waals surface area contributed by atoms with Crippen molar-refractivity contribution in [1.29, 1.82) is 0 Å². The number of thiocarbonyl (C=S) groups is 1. The van der Waals surface area contributed by atoms with E-state index in [9.17, 15) is 4.79 Å². The number of rotatable bonds is 3. The number of ether oxygens (including phenoxy) is 1. The molecule has 4 atom stereocenters. The molecule has 0 heterocycles. The topological polar surface area (TPSA) is 38.7 Å². The Bertz CT molecular complexity index is 312. The van der Waals surface area contributed by atoms with Crippen molar-refractivity contribution in [3.05, 3.63) is 0 Å². The summed E-state index contributed by atoms with van der Waals surface area (Å²) < 4.78 is 5.09. The van der Waals surface area contributed by atoms with Crippen molar-refractivity contribution >= 4 is 23.3 Å². The van der Waals surface area contributed by atoms with Gasteiger partial charge in [0, 0.05) is 0 Å². The van der Waals surface area contributed by atoms with Crippen molar-refractivity contribution in [2.24, 2.45) is 22.7 Å². The molecular weight excluding hydrogens is 210 g/mol. The minimum absolute atomic E-state index is 0.0419. The lowest BCUT2D eigenvalue weighted by atomic mass is 9.85. The van der Waals surface area contributed by atoms with E-state index < -0.39 is 0 Å². The van der Waals surface area contributed by atoms with Gasteiger partial charge in [-0.1, -0.05) is 0 Å². The first kappa shape index (κ1) is 10.8. The highest BCUT2D eigenvalue weighted by Gasteiger charge is 2.51. The lowest BCUT2D eigenvalue weighted by molar-refractivity contribution is -0.150. The predicted molar refractivity (Wildman–Crippen MR) is 59.8 cm³/mol. The molecule has 2 aliphatic carbocycles. The quantitative estimate of drug-likeness (QED) is 0.419. The number of hydrogen-bond acceptors (Lipinski definition) is 4. The Kier molecular flexibility index (Phi) is 3.17. The minimum atomic E-state index is -0.0938. The van der Waals surface area contributed by atoms with E-state index in [1.165, 1.54) is 6.42 Å². The minimum Gasteiger partial charge on any atom is -0.466 e. The Labute approximate surface area is 94.9 Å². The SMILES string of the molecule is CCOC(=O)[C@H]1[C@H]2CC[C@H](C2)[C@H]1N=C=S. The van der Waals surface area contributed by atoms with Gasteiger partial charge >= 0.3 is 5.97 Å². The number of aliphatic imine (C=N–C) groups is 1. The van der Waals surface area contributed by atoms with Crippen molar-refractivity contribution < 1.29 is 9.53 Å². The van der Waals surface area contributed by atoms with Crippen molar-refractivity contribution in [3.63, 3.8) is 0 Å². The molecule has 82 valence electrons. The molecule has 4 heteroatoms. The van der Waals surface area contributed by atoms with Gasteiger partial charge in [-0.2, -0.15) is 0 Å². The van der Waals surface area contributed by atoms with Gasteiger partial charge in [0.25, 0.3) is 0 Å². The van der Waals surface area contributed by atoms with Gasteiger partial charge in [0.2, 0.25) is 0 Å². The van der Waals surface area contributed by atoms with Crippen LogP contribution in [0.2, 0.25) is 0 Å². The summed E-state index contributed by atoms with van der Waals surface area (Å²) in [6.45, 7) is 2.28. The van der Waals surface area contributed by atoms with Crippen molar-refractivity contribution in [2.45, 2.75) is 32.2 Å². The lowest BCUT2D eigenvalue weighted by Crippen LogP contribution is -2.33. The number of carbonyl (C=O) groups excluding carboxylic acids is 1. The summed E-state index contributed by atoms with van der Waals surface area (Å²) in [5.74, 6) is 0.842. The van der Waals surface area contributed by atoms with E-state index in [0.29, 0.717) is 18.4 Å². The summed E-state index contributed by atoms with van der Waals surface area (Å²) in [4.78, 5) is 15.9. The normalized spacial score (nSPS) is 37.4. The zero-order chi connectivity index (χ0) is 10.8. The molecule has 15 heavy (non-hydrogen) atoms. The van der Waals surface area contributed by atoms with E-state index in [2.05, 4.69) is 22.4 Å². The van der Waals surface area contributed by atoms with Gasteiger partial charge < -0.3 is 4.74 Å². The van der Waals surface area contributed by atoms with Gasteiger partial charge in [0.15, 0.2) is 0 Å². The molecule has 3 nitrogen and oxygen atoms in total. The summed E-state index contributed by atoms with van der Waals surface area (Å²) in [7, 11) is 0. The van der Waals surface area contributed by atoms with Crippen LogP contribution in [0.5, 0.6) is 0 Å². The van der Waals surface area contributed by atoms with Gasteiger partial charge in [-0.3, -0.25) is 4.79 Å². The van der Waals surface area contributed by atoms with Crippen molar-refractivity contribution in [1.82, 2.24) is 0 Å². The number of hydrogen-bond donors (Lipinski definition) is 0. The number of carbonyl (C=O) groups is 1. The van der Waals surface area contributed by atoms with E-state index in [1.807, 2.05) is 6.92 Å². The number of esters is 1. The summed E-state index contributed by atoms with van der Waals surface area (Å²) >= 11 is 4.64. The average Bonchev–Trinajstić information content (AvgIpc) is 2.78. The molecule has 2 fully saturated rings. The van der Waals surface area contributed by atoms with Crippen LogP contribution < -0.4 is 0 Å². The van der Waals surface area contributed by atoms with E-state index in [0.717, 1.165) is 12.8 Å². The Hall–Kier alpha value is -0.730. The monoisotopic (exact) mass is 225 g/mol. The molecular formula is C11H15NO2S. The largest absolute Gasteiger partial charge is 0.466 e. The number of isothiocyanates is 1. The molecule has 0 aromatic carbocycles. The Morgan fingerprint density at radius 2 is 2.27 bits per heavy atom. The Morgan fingerprint density at radius 1 is 1.53 bits per heavy atom. The zero-order valence-corrected chi connectivity index (χ0v) is 9.63. The van der Waals surface area contributed by atoms with Crippen molar-refractivity contribution in [2.75, 3.05) is 6.61 Å². The first-order chi connectivity index (χ1) is 7.27. The van der Waals surface area contributed by atoms with Gasteiger partial charge in [0.05, 0.1) is 23.7 Å². The predicted octanol–water partition coefficient (Wildman–Crippen LogP) is 2.07. The Morgan fingerprint density at radius 3 is 2.93 bits per heavy atom. The second-order valence-electron chi connectivity index (χ2n) is 4.32. The molecule has 0 amide bonds. The summed E-state index contributed by atoms with van der Waals surface area (Å²) in [6, 6.07) is 0.0419. The second kappa shape index (κ2) is 4.42. The van der Waals surface area contributed by atoms with E-state index in [4.69, 9.17) is 4.74 Å². The maximum Gasteiger partial charge on any atom is 0.311 e. The molecule has 0 spiro atoms. The molecule has 0 radical (unpaired) electrons. The van der Waals surface area contributed by atoms with Gasteiger partial charge in [-0.25, -0.2) is 4.99 Å². The first-order valence-electron chi connectivity index (χ1n) is 5.51. The molecule has 2 bridgehead atoms. The van der Waals surface area contributed by atoms with Crippen LogP contribution in [0.3, 0.4) is 0 Å². The van der Waals surface area contributed by atoms with Crippen LogP contribution in [-0.2, 0) is 9.53 Å². The molecule has 0 aliphatic heterocycles. The van der Waals surface area contributed by atoms with Crippen LogP contribution in [0, 0.1) is 17.8 Å². The highest BCUT2D eigenvalue weighted by molar-refractivity contribution is 7.78. The fraction of sp³-hybridized carbons (Fsp3) is 0.818. The van der Waals surface area contributed by atoms with Gasteiger partial charge in [0.1, 0.15) is 0 Å². The highest BCUT2D eigenvalue weighted by atomic mass is 32.1. The maximum atomic E-state index is 11.8. The lowest BCUT2D eigenvalue weighted by Gasteiger charge is -2.25. The second-order valence-corrected chi connectivity index (χ2v) is 4.50. The van der Waals surface area contributed by atoms with Crippen molar-refractivity contribution in [3.8, 4) is 0 Å². The number of nitrogens with zero attached hydrogens (tertiary/aromatic N) is 1. The standard InChI is InChI=1S/C11H15NO2S/c1-2-14-11(13)9-7-3-4-8(5-7)10(9)12-6-15/h7-10H,2-5H2,1H3/t7-,8+,9-,10+/m0/s1. The third-order valence-corrected chi connectivity index (χ3v) is 3.74. The van der Waals surface area contributed by atoms with Gasteiger partial charge in [-0.15, -0.1) is 0 Å². The fourth-order valence-electron chi connectivity index (χ4n) is 3.08. The molecule has 2 saturated carbocycles. The molecule has 0 aromatic heterocycles. The average molecular weight is 225 g/mol. The van der Waals surface area contributed by atoms with Gasteiger partial charge in [-0.05, 0) is 50.2 Å². The zero-order valence-electron chi connectivity index (χ0n) is 8.81. The summed E-state index contributed by atoms with van der Waals surface area (Å²) in [5.41, 5.74) is 0. The third-order valence-electron chi connectivity index (χ3n) is 3.63. The maximum absolute atomic E-state index is 11.8. The first-order valence-corrected chi connectivity index (χ1v) is 5.92. The molecule has 0 saturated heterocycles. The van der Waals surface area contributed by atoms with Crippen LogP contribution in [0.15, 0.2) is 4.99 Å². The summed E-state index contributed by atoms with van der Waals surface area (Å²) in [5, 5.41) is 2.42. The van der Waals surface area contributed by atoms with E-state index >= 15 is 0 Å². The van der Waals surface area contributed by atoms with E-state index in [1.54, 1.807) is 0 Å². The third kappa shape index (κ3) is 1.84. The molecule has 2 rings (SSSR count). The molecule has 2 aliphatic rings. The number of fused-ring (bicyclic) bond motifs is 2. The van der Waals surface area contributed by atoms with Crippen LogP contribution in [0.1, 0.15) is 26.2 Å². The smallest absolute Gasteiger partial charge is 0.311 e. The highest BCUT2D eigenvalue weighted by Crippen LogP contribution is 2.50. The van der Waals surface area contributed by atoms with Crippen LogP contribution in [-0.4, -0.2) is 23.8 Å². The summed E-state index contributed by atoms with van der Waals surface area (Å²) in [6.07, 6.45) is 3.41.